The van der Waals surface area contributed by atoms with Gasteiger partial charge in [-0.15, -0.1) is 0 Å². The number of aliphatic carboxylic acids is 1. The van der Waals surface area contributed by atoms with Crippen LogP contribution in [0.15, 0.2) is 0 Å². The molecule has 5 nitrogen and oxygen atoms in total. The number of nitrogens with zero attached hydrogens (tertiary/aromatic N) is 1. The van der Waals surface area contributed by atoms with E-state index in [9.17, 15) is 22.8 Å². The standard InChI is InChI=1S/C15H25F3N2O3/c1-3-5-6-10(4-2)7-19-14(23)20-8-11(13(21)22)12(9-20)15(16,17)18/h10-12H,3-9H2,1-2H3,(H,19,23)(H,21,22)/t10?,11-,12-/m1/s1. The SMILES string of the molecule is CCCCC(CC)CNC(=O)N1C[C@@H](C(F)(F)F)[C@H](C(=O)O)C1. The fourth-order valence-electron chi connectivity index (χ4n) is 2.84. The van der Waals surface area contributed by atoms with Gasteiger partial charge in [-0.25, -0.2) is 4.79 Å². The molecule has 0 aromatic heterocycles. The quantitative estimate of drug-likeness (QED) is 0.749. The Morgan fingerprint density at radius 3 is 2.39 bits per heavy atom. The molecule has 0 saturated carbocycles. The smallest absolute Gasteiger partial charge is 0.394 e. The fourth-order valence-corrected chi connectivity index (χ4v) is 2.84. The van der Waals surface area contributed by atoms with Crippen molar-refractivity contribution in [3.63, 3.8) is 0 Å². The Morgan fingerprint density at radius 1 is 1.30 bits per heavy atom. The topological polar surface area (TPSA) is 69.6 Å². The van der Waals surface area contributed by atoms with Crippen LogP contribution in [0.2, 0.25) is 0 Å². The van der Waals surface area contributed by atoms with Crippen molar-refractivity contribution >= 4 is 12.0 Å². The molecule has 1 unspecified atom stereocenters. The fraction of sp³-hybridized carbons (Fsp3) is 0.867. The van der Waals surface area contributed by atoms with Gasteiger partial charge in [0, 0.05) is 19.6 Å². The van der Waals surface area contributed by atoms with E-state index in [4.69, 9.17) is 5.11 Å². The number of carboxylic acid groups (broad SMARTS) is 1. The van der Waals surface area contributed by atoms with Crippen LogP contribution in [0.25, 0.3) is 0 Å². The predicted octanol–water partition coefficient (Wildman–Crippen LogP) is 3.11. The third kappa shape index (κ3) is 5.58. The maximum Gasteiger partial charge on any atom is 0.394 e. The Bertz CT molecular complexity index is 415. The van der Waals surface area contributed by atoms with Crippen molar-refractivity contribution in [3.05, 3.63) is 0 Å². The first-order valence-electron chi connectivity index (χ1n) is 8.02. The molecule has 1 fully saturated rings. The molecule has 0 aromatic carbocycles. The molecule has 1 rings (SSSR count). The van der Waals surface area contributed by atoms with E-state index >= 15 is 0 Å². The average Bonchev–Trinajstić information content (AvgIpc) is 2.93. The molecule has 1 saturated heterocycles. The molecule has 0 radical (unpaired) electrons. The van der Waals surface area contributed by atoms with E-state index in [0.717, 1.165) is 30.6 Å². The molecular formula is C15H25F3N2O3. The summed E-state index contributed by atoms with van der Waals surface area (Å²) < 4.78 is 38.7. The highest BCUT2D eigenvalue weighted by atomic mass is 19.4. The van der Waals surface area contributed by atoms with Crippen molar-refractivity contribution in [1.29, 1.82) is 0 Å². The number of hydrogen-bond donors (Lipinski definition) is 2. The molecule has 2 amide bonds. The van der Waals surface area contributed by atoms with Crippen LogP contribution in [0.4, 0.5) is 18.0 Å². The Hall–Kier alpha value is -1.47. The Morgan fingerprint density at radius 2 is 1.96 bits per heavy atom. The second kappa shape index (κ2) is 8.40. The number of hydrogen-bond acceptors (Lipinski definition) is 2. The number of rotatable bonds is 7. The molecule has 0 aromatic rings. The summed E-state index contributed by atoms with van der Waals surface area (Å²) in [6.45, 7) is 3.47. The van der Waals surface area contributed by atoms with Crippen LogP contribution >= 0.6 is 0 Å². The highest BCUT2D eigenvalue weighted by Crippen LogP contribution is 2.37. The van der Waals surface area contributed by atoms with Gasteiger partial charge < -0.3 is 15.3 Å². The van der Waals surface area contributed by atoms with Gasteiger partial charge in [-0.05, 0) is 12.3 Å². The molecule has 0 aliphatic carbocycles. The van der Waals surface area contributed by atoms with E-state index in [1.165, 1.54) is 0 Å². The zero-order valence-electron chi connectivity index (χ0n) is 13.5. The highest BCUT2D eigenvalue weighted by Gasteiger charge is 2.53. The molecule has 1 aliphatic heterocycles. The molecule has 0 bridgehead atoms. The van der Waals surface area contributed by atoms with E-state index in [-0.39, 0.29) is 5.92 Å². The number of amides is 2. The molecule has 1 aliphatic rings. The van der Waals surface area contributed by atoms with Crippen LogP contribution in [0.1, 0.15) is 39.5 Å². The first-order chi connectivity index (χ1) is 10.7. The molecule has 1 heterocycles. The number of nitrogens with one attached hydrogen (secondary N) is 1. The van der Waals surface area contributed by atoms with Crippen molar-refractivity contribution in [2.75, 3.05) is 19.6 Å². The third-order valence-electron chi connectivity index (χ3n) is 4.43. The number of urea groups is 1. The summed E-state index contributed by atoms with van der Waals surface area (Å²) in [4.78, 5) is 24.0. The minimum absolute atomic E-state index is 0.287. The van der Waals surface area contributed by atoms with Gasteiger partial charge in [0.25, 0.3) is 0 Å². The van der Waals surface area contributed by atoms with Gasteiger partial charge in [0.05, 0.1) is 11.8 Å². The van der Waals surface area contributed by atoms with E-state index in [1.807, 2.05) is 6.92 Å². The molecule has 0 spiro atoms. The normalized spacial score (nSPS) is 22.9. The summed E-state index contributed by atoms with van der Waals surface area (Å²) in [6.07, 6.45) is -0.704. The lowest BCUT2D eigenvalue weighted by Gasteiger charge is -2.21. The summed E-state index contributed by atoms with van der Waals surface area (Å²) in [5.41, 5.74) is 0. The van der Waals surface area contributed by atoms with Gasteiger partial charge in [-0.2, -0.15) is 13.2 Å². The van der Waals surface area contributed by atoms with Crippen LogP contribution < -0.4 is 5.32 Å². The molecule has 8 heteroatoms. The second-order valence-corrected chi connectivity index (χ2v) is 6.10. The molecule has 134 valence electrons. The summed E-state index contributed by atoms with van der Waals surface area (Å²) in [6, 6.07) is -0.613. The Balaban J connectivity index is 2.58. The lowest BCUT2D eigenvalue weighted by molar-refractivity contribution is -0.187. The molecule has 2 N–H and O–H groups in total. The minimum atomic E-state index is -4.62. The van der Waals surface area contributed by atoms with E-state index in [0.29, 0.717) is 6.54 Å². The zero-order valence-corrected chi connectivity index (χ0v) is 13.5. The molecular weight excluding hydrogens is 313 g/mol. The van der Waals surface area contributed by atoms with Crippen molar-refractivity contribution < 1.29 is 27.9 Å². The number of likely N-dealkylation sites (tertiary alicyclic amines) is 1. The number of unbranched alkanes of at least 4 members (excludes halogenated alkanes) is 1. The molecule has 3 atom stereocenters. The maximum absolute atomic E-state index is 12.9. The largest absolute Gasteiger partial charge is 0.481 e. The lowest BCUT2D eigenvalue weighted by atomic mass is 9.96. The van der Waals surface area contributed by atoms with Crippen molar-refractivity contribution in [2.24, 2.45) is 17.8 Å². The first kappa shape index (κ1) is 19.6. The van der Waals surface area contributed by atoms with Crippen molar-refractivity contribution in [1.82, 2.24) is 10.2 Å². The average molecular weight is 338 g/mol. The van der Waals surface area contributed by atoms with Crippen LogP contribution in [-0.4, -0.2) is 47.8 Å². The summed E-state index contributed by atoms with van der Waals surface area (Å²) in [5.74, 6) is -4.83. The predicted molar refractivity (Wildman–Crippen MR) is 78.9 cm³/mol. The van der Waals surface area contributed by atoms with Gasteiger partial charge in [-0.3, -0.25) is 4.79 Å². The van der Waals surface area contributed by atoms with Crippen LogP contribution in [0, 0.1) is 17.8 Å². The lowest BCUT2D eigenvalue weighted by Crippen LogP contribution is -2.41. The van der Waals surface area contributed by atoms with Crippen molar-refractivity contribution in [3.8, 4) is 0 Å². The minimum Gasteiger partial charge on any atom is -0.481 e. The third-order valence-corrected chi connectivity index (χ3v) is 4.43. The summed E-state index contributed by atoms with van der Waals surface area (Å²) in [5, 5.41) is 11.6. The second-order valence-electron chi connectivity index (χ2n) is 6.10. The summed E-state index contributed by atoms with van der Waals surface area (Å²) >= 11 is 0. The van der Waals surface area contributed by atoms with E-state index < -0.39 is 43.1 Å². The van der Waals surface area contributed by atoms with E-state index in [1.54, 1.807) is 0 Å². The first-order valence-corrected chi connectivity index (χ1v) is 8.02. The monoisotopic (exact) mass is 338 g/mol. The number of carbonyl (C=O) groups excluding carboxylic acids is 1. The zero-order chi connectivity index (χ0) is 17.6. The van der Waals surface area contributed by atoms with E-state index in [2.05, 4.69) is 12.2 Å². The summed E-state index contributed by atoms with van der Waals surface area (Å²) in [7, 11) is 0. The van der Waals surface area contributed by atoms with Gasteiger partial charge in [0.15, 0.2) is 0 Å². The molecule has 23 heavy (non-hydrogen) atoms. The van der Waals surface area contributed by atoms with Gasteiger partial charge in [-0.1, -0.05) is 33.1 Å². The number of carboxylic acids is 1. The highest BCUT2D eigenvalue weighted by molar-refractivity contribution is 5.77. The van der Waals surface area contributed by atoms with Gasteiger partial charge >= 0.3 is 18.2 Å². The number of carbonyl (C=O) groups is 2. The van der Waals surface area contributed by atoms with Crippen molar-refractivity contribution in [2.45, 2.75) is 45.7 Å². The Labute approximate surface area is 134 Å². The van der Waals surface area contributed by atoms with Gasteiger partial charge in [0.1, 0.15) is 0 Å². The van der Waals surface area contributed by atoms with Crippen LogP contribution in [-0.2, 0) is 4.79 Å². The van der Waals surface area contributed by atoms with Crippen LogP contribution in [0.5, 0.6) is 0 Å². The van der Waals surface area contributed by atoms with Crippen LogP contribution in [0.3, 0.4) is 0 Å². The number of alkyl halides is 3. The maximum atomic E-state index is 12.9. The van der Waals surface area contributed by atoms with Gasteiger partial charge in [0.2, 0.25) is 0 Å². The number of halogens is 3. The Kier molecular flexibility index (Phi) is 7.15.